The number of hydrogen-bond acceptors (Lipinski definition) is 2. The van der Waals surface area contributed by atoms with E-state index in [-0.39, 0.29) is 0 Å². The maximum absolute atomic E-state index is 3.58. The zero-order valence-corrected chi connectivity index (χ0v) is 11.0. The molecule has 2 unspecified atom stereocenters. The molecule has 2 heteroatoms. The molecule has 2 nitrogen and oxygen atoms in total. The SMILES string of the molecule is CCCNCC1CCC1N(C)CC1CCC1. The van der Waals surface area contributed by atoms with Crippen molar-refractivity contribution in [3.63, 3.8) is 0 Å². The van der Waals surface area contributed by atoms with Crippen LogP contribution in [0.1, 0.15) is 45.4 Å². The summed E-state index contributed by atoms with van der Waals surface area (Å²) in [6, 6.07) is 0.880. The van der Waals surface area contributed by atoms with E-state index in [2.05, 4.69) is 24.2 Å². The quantitative estimate of drug-likeness (QED) is 0.668. The van der Waals surface area contributed by atoms with Crippen LogP contribution in [0.5, 0.6) is 0 Å². The van der Waals surface area contributed by atoms with Crippen molar-refractivity contribution in [3.8, 4) is 0 Å². The van der Waals surface area contributed by atoms with Gasteiger partial charge in [0.1, 0.15) is 0 Å². The lowest BCUT2D eigenvalue weighted by Crippen LogP contribution is -2.50. The minimum absolute atomic E-state index is 0.880. The molecule has 0 amide bonds. The largest absolute Gasteiger partial charge is 0.316 e. The Kier molecular flexibility index (Phi) is 4.66. The molecule has 2 aliphatic rings. The summed E-state index contributed by atoms with van der Waals surface area (Å²) in [6.07, 6.45) is 8.57. The first-order valence-corrected chi connectivity index (χ1v) is 7.22. The Bertz CT molecular complexity index is 201. The lowest BCUT2D eigenvalue weighted by molar-refractivity contribution is 0.0584. The van der Waals surface area contributed by atoms with Crippen molar-refractivity contribution in [3.05, 3.63) is 0 Å². The van der Waals surface area contributed by atoms with Gasteiger partial charge in [-0.2, -0.15) is 0 Å². The fourth-order valence-electron chi connectivity index (χ4n) is 3.05. The van der Waals surface area contributed by atoms with Gasteiger partial charge in [-0.05, 0) is 64.1 Å². The molecule has 0 aliphatic heterocycles. The Morgan fingerprint density at radius 2 is 2.00 bits per heavy atom. The third-order valence-corrected chi connectivity index (χ3v) is 4.55. The zero-order chi connectivity index (χ0) is 11.4. The molecule has 0 spiro atoms. The van der Waals surface area contributed by atoms with Gasteiger partial charge in [-0.15, -0.1) is 0 Å². The van der Waals surface area contributed by atoms with Crippen molar-refractivity contribution in [1.29, 1.82) is 0 Å². The van der Waals surface area contributed by atoms with Crippen molar-refractivity contribution in [2.45, 2.75) is 51.5 Å². The van der Waals surface area contributed by atoms with Gasteiger partial charge < -0.3 is 10.2 Å². The lowest BCUT2D eigenvalue weighted by Gasteiger charge is -2.45. The highest BCUT2D eigenvalue weighted by Gasteiger charge is 2.34. The number of nitrogens with zero attached hydrogens (tertiary/aromatic N) is 1. The summed E-state index contributed by atoms with van der Waals surface area (Å²) in [5, 5.41) is 3.58. The van der Waals surface area contributed by atoms with E-state index in [0.717, 1.165) is 17.9 Å². The standard InChI is InChI=1S/C14H28N2/c1-3-9-15-10-13-7-8-14(13)16(2)11-12-5-4-6-12/h12-15H,3-11H2,1-2H3. The molecule has 0 radical (unpaired) electrons. The first kappa shape index (κ1) is 12.4. The van der Waals surface area contributed by atoms with Crippen LogP contribution in [0.4, 0.5) is 0 Å². The van der Waals surface area contributed by atoms with Gasteiger partial charge >= 0.3 is 0 Å². The van der Waals surface area contributed by atoms with Gasteiger partial charge in [-0.1, -0.05) is 13.3 Å². The minimum atomic E-state index is 0.880. The van der Waals surface area contributed by atoms with Crippen LogP contribution in [0.2, 0.25) is 0 Å². The summed E-state index contributed by atoms with van der Waals surface area (Å²) in [5.41, 5.74) is 0. The average Bonchev–Trinajstić information content (AvgIpc) is 2.17. The molecule has 94 valence electrons. The average molecular weight is 224 g/mol. The van der Waals surface area contributed by atoms with Gasteiger partial charge in [0.15, 0.2) is 0 Å². The molecule has 2 aliphatic carbocycles. The fourth-order valence-corrected chi connectivity index (χ4v) is 3.05. The van der Waals surface area contributed by atoms with Crippen LogP contribution in [-0.2, 0) is 0 Å². The summed E-state index contributed by atoms with van der Waals surface area (Å²) in [4.78, 5) is 2.64. The van der Waals surface area contributed by atoms with E-state index in [4.69, 9.17) is 0 Å². The Morgan fingerprint density at radius 1 is 1.19 bits per heavy atom. The Morgan fingerprint density at radius 3 is 2.50 bits per heavy atom. The lowest BCUT2D eigenvalue weighted by atomic mass is 9.77. The van der Waals surface area contributed by atoms with E-state index in [0.29, 0.717) is 0 Å². The van der Waals surface area contributed by atoms with Gasteiger partial charge in [-0.25, -0.2) is 0 Å². The van der Waals surface area contributed by atoms with Crippen molar-refractivity contribution < 1.29 is 0 Å². The van der Waals surface area contributed by atoms with Crippen LogP contribution < -0.4 is 5.32 Å². The monoisotopic (exact) mass is 224 g/mol. The van der Waals surface area contributed by atoms with Crippen LogP contribution in [0.3, 0.4) is 0 Å². The Balaban J connectivity index is 1.63. The molecule has 2 atom stereocenters. The van der Waals surface area contributed by atoms with Gasteiger partial charge in [0.05, 0.1) is 0 Å². The molecule has 0 aromatic heterocycles. The Labute approximate surface area is 101 Å². The summed E-state index contributed by atoms with van der Waals surface area (Å²) >= 11 is 0. The van der Waals surface area contributed by atoms with E-state index in [1.807, 2.05) is 0 Å². The molecule has 1 N–H and O–H groups in total. The van der Waals surface area contributed by atoms with Crippen molar-refractivity contribution in [2.24, 2.45) is 11.8 Å². The highest BCUT2D eigenvalue weighted by atomic mass is 15.1. The molecule has 2 rings (SSSR count). The van der Waals surface area contributed by atoms with Crippen molar-refractivity contribution >= 4 is 0 Å². The zero-order valence-electron chi connectivity index (χ0n) is 11.0. The smallest absolute Gasteiger partial charge is 0.0133 e. The highest BCUT2D eigenvalue weighted by molar-refractivity contribution is 4.90. The predicted octanol–water partition coefficient (Wildman–Crippen LogP) is 2.50. The molecule has 0 aromatic carbocycles. The molecule has 2 saturated carbocycles. The third kappa shape index (κ3) is 2.98. The van der Waals surface area contributed by atoms with Crippen LogP contribution >= 0.6 is 0 Å². The molecule has 16 heavy (non-hydrogen) atoms. The second kappa shape index (κ2) is 6.02. The fraction of sp³-hybridized carbons (Fsp3) is 1.00. The normalized spacial score (nSPS) is 30.2. The Hall–Kier alpha value is -0.0800. The van der Waals surface area contributed by atoms with Gasteiger partial charge in [0.25, 0.3) is 0 Å². The van der Waals surface area contributed by atoms with Crippen LogP contribution in [0.15, 0.2) is 0 Å². The van der Waals surface area contributed by atoms with E-state index < -0.39 is 0 Å². The van der Waals surface area contributed by atoms with Gasteiger partial charge in [0.2, 0.25) is 0 Å². The maximum Gasteiger partial charge on any atom is 0.0133 e. The first-order chi connectivity index (χ1) is 7.81. The summed E-state index contributed by atoms with van der Waals surface area (Å²) < 4.78 is 0. The topological polar surface area (TPSA) is 15.3 Å². The summed E-state index contributed by atoms with van der Waals surface area (Å²) in [7, 11) is 2.34. The second-order valence-electron chi connectivity index (χ2n) is 5.85. The molecular formula is C14H28N2. The van der Waals surface area contributed by atoms with E-state index in [9.17, 15) is 0 Å². The number of hydrogen-bond donors (Lipinski definition) is 1. The summed E-state index contributed by atoms with van der Waals surface area (Å²) in [6.45, 7) is 6.03. The molecule has 0 heterocycles. The van der Waals surface area contributed by atoms with Crippen LogP contribution in [0, 0.1) is 11.8 Å². The molecule has 0 saturated heterocycles. The van der Waals surface area contributed by atoms with Gasteiger partial charge in [0, 0.05) is 12.6 Å². The number of nitrogens with one attached hydrogen (secondary N) is 1. The molecular weight excluding hydrogens is 196 g/mol. The predicted molar refractivity (Wildman–Crippen MR) is 69.6 cm³/mol. The van der Waals surface area contributed by atoms with Crippen LogP contribution in [-0.4, -0.2) is 37.6 Å². The van der Waals surface area contributed by atoms with Crippen molar-refractivity contribution in [2.75, 3.05) is 26.7 Å². The maximum atomic E-state index is 3.58. The van der Waals surface area contributed by atoms with E-state index in [1.165, 1.54) is 58.2 Å². The second-order valence-corrected chi connectivity index (χ2v) is 5.85. The third-order valence-electron chi connectivity index (χ3n) is 4.55. The first-order valence-electron chi connectivity index (χ1n) is 7.22. The summed E-state index contributed by atoms with van der Waals surface area (Å²) in [5.74, 6) is 1.95. The van der Waals surface area contributed by atoms with Gasteiger partial charge in [-0.3, -0.25) is 0 Å². The molecule has 0 aromatic rings. The van der Waals surface area contributed by atoms with E-state index >= 15 is 0 Å². The molecule has 0 bridgehead atoms. The van der Waals surface area contributed by atoms with Crippen molar-refractivity contribution in [1.82, 2.24) is 10.2 Å². The molecule has 2 fully saturated rings. The highest BCUT2D eigenvalue weighted by Crippen LogP contribution is 2.34. The van der Waals surface area contributed by atoms with Crippen LogP contribution in [0.25, 0.3) is 0 Å². The number of rotatable bonds is 7. The van der Waals surface area contributed by atoms with E-state index in [1.54, 1.807) is 0 Å². The minimum Gasteiger partial charge on any atom is -0.316 e.